The molecule has 2 rings (SSSR count). The van der Waals surface area contributed by atoms with E-state index in [1.54, 1.807) is 17.4 Å². The summed E-state index contributed by atoms with van der Waals surface area (Å²) in [6.07, 6.45) is 0. The van der Waals surface area contributed by atoms with Crippen molar-refractivity contribution in [3.05, 3.63) is 23.2 Å². The zero-order valence-corrected chi connectivity index (χ0v) is 8.56. The molecule has 0 bridgehead atoms. The molecular weight excluding hydrogens is 182 g/mol. The fraction of sp³-hybridized carbons (Fsp3) is 0.300. The van der Waals surface area contributed by atoms with Gasteiger partial charge < -0.3 is 5.11 Å². The van der Waals surface area contributed by atoms with Gasteiger partial charge in [-0.3, -0.25) is 0 Å². The molecule has 68 valence electrons. The van der Waals surface area contributed by atoms with E-state index in [0.29, 0.717) is 5.75 Å². The molecule has 2 aromatic rings. The highest BCUT2D eigenvalue weighted by atomic mass is 32.1. The van der Waals surface area contributed by atoms with Crippen molar-refractivity contribution < 1.29 is 9.67 Å². The number of phenols is 1. The van der Waals surface area contributed by atoms with Crippen molar-refractivity contribution in [2.45, 2.75) is 20.4 Å². The lowest BCUT2D eigenvalue weighted by atomic mass is 10.3. The molecule has 3 heteroatoms. The maximum atomic E-state index is 9.35. The lowest BCUT2D eigenvalue weighted by Gasteiger charge is -1.91. The molecule has 2 nitrogen and oxygen atoms in total. The van der Waals surface area contributed by atoms with Crippen molar-refractivity contribution in [2.75, 3.05) is 0 Å². The van der Waals surface area contributed by atoms with Gasteiger partial charge in [0.25, 0.3) is 0 Å². The molecule has 0 spiro atoms. The van der Waals surface area contributed by atoms with Gasteiger partial charge in [0, 0.05) is 6.92 Å². The summed E-state index contributed by atoms with van der Waals surface area (Å²) in [5.74, 6) is 0.340. The molecule has 0 amide bonds. The Labute approximate surface area is 81.1 Å². The summed E-state index contributed by atoms with van der Waals surface area (Å²) < 4.78 is 3.44. The van der Waals surface area contributed by atoms with Gasteiger partial charge in [0.05, 0.1) is 6.07 Å². The second-order valence-electron chi connectivity index (χ2n) is 3.02. The smallest absolute Gasteiger partial charge is 0.235 e. The molecule has 0 fully saturated rings. The Balaban J connectivity index is 2.80. The summed E-state index contributed by atoms with van der Waals surface area (Å²) in [6, 6.07) is 5.52. The fourth-order valence-electron chi connectivity index (χ4n) is 1.58. The van der Waals surface area contributed by atoms with Crippen LogP contribution >= 0.6 is 11.3 Å². The van der Waals surface area contributed by atoms with Crippen LogP contribution in [0.3, 0.4) is 0 Å². The highest BCUT2D eigenvalue weighted by Gasteiger charge is 2.14. The van der Waals surface area contributed by atoms with Gasteiger partial charge in [0.2, 0.25) is 10.5 Å². The van der Waals surface area contributed by atoms with E-state index in [4.69, 9.17) is 0 Å². The molecule has 0 aliphatic heterocycles. The van der Waals surface area contributed by atoms with Gasteiger partial charge in [0.15, 0.2) is 0 Å². The quantitative estimate of drug-likeness (QED) is 0.691. The van der Waals surface area contributed by atoms with E-state index >= 15 is 0 Å². The van der Waals surface area contributed by atoms with Gasteiger partial charge in [-0.1, -0.05) is 11.3 Å². The Morgan fingerprint density at radius 3 is 2.92 bits per heavy atom. The lowest BCUT2D eigenvalue weighted by Crippen LogP contribution is -2.33. The Hall–Kier alpha value is -1.09. The van der Waals surface area contributed by atoms with Crippen LogP contribution in [0, 0.1) is 6.92 Å². The average Bonchev–Trinajstić information content (AvgIpc) is 2.40. The molecule has 1 aromatic carbocycles. The summed E-state index contributed by atoms with van der Waals surface area (Å²) in [6.45, 7) is 5.17. The van der Waals surface area contributed by atoms with Gasteiger partial charge in [-0.2, -0.15) is 4.57 Å². The number of nitrogens with zero attached hydrogens (tertiary/aromatic N) is 1. The maximum Gasteiger partial charge on any atom is 0.235 e. The summed E-state index contributed by atoms with van der Waals surface area (Å²) in [4.78, 5) is 0. The zero-order valence-electron chi connectivity index (χ0n) is 7.74. The number of phenolic OH excluding ortho intramolecular Hbond substituents is 1. The van der Waals surface area contributed by atoms with E-state index in [0.717, 1.165) is 12.1 Å². The number of aromatic hydroxyl groups is 1. The third kappa shape index (κ3) is 1.29. The van der Waals surface area contributed by atoms with E-state index in [-0.39, 0.29) is 0 Å². The van der Waals surface area contributed by atoms with Crippen molar-refractivity contribution >= 4 is 21.6 Å². The van der Waals surface area contributed by atoms with E-state index in [9.17, 15) is 5.11 Å². The molecule has 0 saturated heterocycles. The molecule has 0 atom stereocenters. The van der Waals surface area contributed by atoms with Gasteiger partial charge in [-0.15, -0.1) is 0 Å². The first-order valence-electron chi connectivity index (χ1n) is 4.34. The second kappa shape index (κ2) is 3.00. The maximum absolute atomic E-state index is 9.35. The van der Waals surface area contributed by atoms with Crippen molar-refractivity contribution in [1.29, 1.82) is 0 Å². The number of aryl methyl sites for hydroxylation is 2. The summed E-state index contributed by atoms with van der Waals surface area (Å²) in [5, 5.41) is 10.6. The van der Waals surface area contributed by atoms with Crippen LogP contribution in [0.15, 0.2) is 18.2 Å². The number of fused-ring (bicyclic) bond motifs is 1. The second-order valence-corrected chi connectivity index (χ2v) is 4.25. The fourth-order valence-corrected chi connectivity index (χ4v) is 2.65. The van der Waals surface area contributed by atoms with Crippen LogP contribution in [0.5, 0.6) is 5.75 Å². The Morgan fingerprint density at radius 1 is 1.46 bits per heavy atom. The van der Waals surface area contributed by atoms with Gasteiger partial charge in [-0.05, 0) is 19.1 Å². The summed E-state index contributed by atoms with van der Waals surface area (Å²) >= 11 is 1.76. The van der Waals surface area contributed by atoms with Crippen LogP contribution < -0.4 is 4.57 Å². The highest BCUT2D eigenvalue weighted by Crippen LogP contribution is 2.23. The Kier molecular flexibility index (Phi) is 1.96. The van der Waals surface area contributed by atoms with Crippen LogP contribution in [0.1, 0.15) is 11.9 Å². The van der Waals surface area contributed by atoms with Gasteiger partial charge >= 0.3 is 0 Å². The normalized spacial score (nSPS) is 10.9. The average molecular weight is 194 g/mol. The van der Waals surface area contributed by atoms with E-state index < -0.39 is 0 Å². The van der Waals surface area contributed by atoms with E-state index in [1.807, 2.05) is 12.1 Å². The third-order valence-electron chi connectivity index (χ3n) is 2.19. The zero-order chi connectivity index (χ0) is 9.42. The number of rotatable bonds is 1. The van der Waals surface area contributed by atoms with Crippen molar-refractivity contribution in [1.82, 2.24) is 0 Å². The van der Waals surface area contributed by atoms with Crippen LogP contribution in [0.25, 0.3) is 10.2 Å². The van der Waals surface area contributed by atoms with Crippen molar-refractivity contribution in [3.8, 4) is 5.75 Å². The standard InChI is InChI=1S/C10H11NOS/c1-3-11-7(2)13-10-5-4-8(12)6-9(10)11/h4-6H,3H2,1-2H3/p+1. The minimum absolute atomic E-state index is 0.340. The van der Waals surface area contributed by atoms with Crippen LogP contribution in [-0.2, 0) is 6.54 Å². The molecule has 0 unspecified atom stereocenters. The van der Waals surface area contributed by atoms with Crippen molar-refractivity contribution in [3.63, 3.8) is 0 Å². The molecule has 13 heavy (non-hydrogen) atoms. The molecule has 1 heterocycles. The third-order valence-corrected chi connectivity index (χ3v) is 3.27. The first kappa shape index (κ1) is 8.51. The summed E-state index contributed by atoms with van der Waals surface area (Å²) in [5.41, 5.74) is 1.13. The predicted octanol–water partition coefficient (Wildman–Crippen LogP) is 2.22. The van der Waals surface area contributed by atoms with Gasteiger partial charge in [0.1, 0.15) is 17.0 Å². The molecular formula is C10H12NOS+. The minimum atomic E-state index is 0.340. The largest absolute Gasteiger partial charge is 0.508 e. The highest BCUT2D eigenvalue weighted by molar-refractivity contribution is 7.18. The molecule has 0 saturated carbocycles. The van der Waals surface area contributed by atoms with Crippen LogP contribution in [0.2, 0.25) is 0 Å². The first-order valence-corrected chi connectivity index (χ1v) is 5.16. The summed E-state index contributed by atoms with van der Waals surface area (Å²) in [7, 11) is 0. The lowest BCUT2D eigenvalue weighted by molar-refractivity contribution is -0.669. The first-order chi connectivity index (χ1) is 6.22. The molecule has 1 N–H and O–H groups in total. The van der Waals surface area contributed by atoms with E-state index in [2.05, 4.69) is 18.4 Å². The number of hydrogen-bond donors (Lipinski definition) is 1. The number of hydrogen-bond acceptors (Lipinski definition) is 2. The Bertz CT molecular complexity index is 447. The van der Waals surface area contributed by atoms with E-state index in [1.165, 1.54) is 9.71 Å². The van der Waals surface area contributed by atoms with Gasteiger partial charge in [-0.25, -0.2) is 0 Å². The monoisotopic (exact) mass is 194 g/mol. The molecule has 0 radical (unpaired) electrons. The molecule has 0 aliphatic carbocycles. The van der Waals surface area contributed by atoms with Crippen molar-refractivity contribution in [2.24, 2.45) is 0 Å². The minimum Gasteiger partial charge on any atom is -0.508 e. The number of aromatic nitrogens is 1. The van der Waals surface area contributed by atoms with Crippen LogP contribution in [-0.4, -0.2) is 5.11 Å². The number of thiazole rings is 1. The predicted molar refractivity (Wildman–Crippen MR) is 54.1 cm³/mol. The number of benzene rings is 1. The van der Waals surface area contributed by atoms with Crippen LogP contribution in [0.4, 0.5) is 0 Å². The SMILES string of the molecule is CC[n+]1c(C)sc2ccc(O)cc21. The Morgan fingerprint density at radius 2 is 2.23 bits per heavy atom. The molecule has 1 aromatic heterocycles. The topological polar surface area (TPSA) is 24.1 Å². The molecule has 0 aliphatic rings.